The van der Waals surface area contributed by atoms with E-state index in [9.17, 15) is 9.59 Å². The highest BCUT2D eigenvalue weighted by Crippen LogP contribution is 2.29. The Balaban J connectivity index is 0.00000408. The largest absolute Gasteiger partial charge is 0.491 e. The third kappa shape index (κ3) is 9.36. The summed E-state index contributed by atoms with van der Waals surface area (Å²) in [7, 11) is 3.82. The summed E-state index contributed by atoms with van der Waals surface area (Å²) in [6.45, 7) is 6.22. The zero-order valence-corrected chi connectivity index (χ0v) is 23.7. The molecular formula is C26H39Cl3N4O3. The molecule has 0 radical (unpaired) electrons. The molecule has 0 spiro atoms. The van der Waals surface area contributed by atoms with Crippen LogP contribution in [0.4, 0.5) is 11.4 Å². The number of amides is 2. The molecule has 1 fully saturated rings. The van der Waals surface area contributed by atoms with Crippen LogP contribution in [0.15, 0.2) is 48.5 Å². The molecule has 202 valence electrons. The fourth-order valence-electron chi connectivity index (χ4n) is 3.94. The first-order valence-electron chi connectivity index (χ1n) is 11.7. The van der Waals surface area contributed by atoms with Gasteiger partial charge in [-0.1, -0.05) is 31.2 Å². The van der Waals surface area contributed by atoms with Crippen LogP contribution < -0.4 is 15.4 Å². The van der Waals surface area contributed by atoms with Crippen LogP contribution in [-0.4, -0.2) is 68.5 Å². The average molecular weight is 562 g/mol. The van der Waals surface area contributed by atoms with Crippen molar-refractivity contribution >= 4 is 60.4 Å². The standard InChI is InChI=1S/C26H36N4O3.3ClH/c1-20(12-13-25(31)30-17-15-28(2)16-18-30)14-19-33-24-11-7-6-10-23(24)29(3)26(32)21-8-4-5-9-22(21)27;;;/h4-11,20H,12-19,27H2,1-3H3;3*1H. The molecular weight excluding hydrogens is 523 g/mol. The Kier molecular flexibility index (Phi) is 15.5. The number of benzene rings is 2. The monoisotopic (exact) mass is 560 g/mol. The second-order valence-electron chi connectivity index (χ2n) is 8.88. The van der Waals surface area contributed by atoms with Crippen molar-refractivity contribution in [2.45, 2.75) is 26.2 Å². The first kappa shape index (κ1) is 33.8. The number of nitrogens with two attached hydrogens (primary N) is 1. The second kappa shape index (κ2) is 16.5. The zero-order chi connectivity index (χ0) is 23.8. The minimum atomic E-state index is -0.181. The van der Waals surface area contributed by atoms with Crippen molar-refractivity contribution < 1.29 is 14.3 Å². The number of halogens is 3. The van der Waals surface area contributed by atoms with Gasteiger partial charge < -0.3 is 25.2 Å². The molecule has 2 aromatic rings. The summed E-state index contributed by atoms with van der Waals surface area (Å²) in [5.74, 6) is 1.10. The summed E-state index contributed by atoms with van der Waals surface area (Å²) in [6.07, 6.45) is 2.27. The molecule has 7 nitrogen and oxygen atoms in total. The van der Waals surface area contributed by atoms with Crippen LogP contribution in [0.3, 0.4) is 0 Å². The van der Waals surface area contributed by atoms with E-state index in [-0.39, 0.29) is 49.0 Å². The van der Waals surface area contributed by atoms with Crippen LogP contribution in [-0.2, 0) is 4.79 Å². The third-order valence-electron chi connectivity index (χ3n) is 6.30. The Morgan fingerprint density at radius 2 is 1.58 bits per heavy atom. The van der Waals surface area contributed by atoms with Crippen molar-refractivity contribution in [2.75, 3.05) is 57.5 Å². The number of ether oxygens (including phenoxy) is 1. The van der Waals surface area contributed by atoms with Crippen molar-refractivity contribution in [1.29, 1.82) is 0 Å². The lowest BCUT2D eigenvalue weighted by Gasteiger charge is -2.32. The van der Waals surface area contributed by atoms with Gasteiger partial charge in [0, 0.05) is 45.3 Å². The fourth-order valence-corrected chi connectivity index (χ4v) is 3.94. The molecule has 36 heavy (non-hydrogen) atoms. The molecule has 1 atom stereocenters. The Bertz CT molecular complexity index is 956. The van der Waals surface area contributed by atoms with E-state index in [4.69, 9.17) is 10.5 Å². The summed E-state index contributed by atoms with van der Waals surface area (Å²) >= 11 is 0. The summed E-state index contributed by atoms with van der Waals surface area (Å²) in [6, 6.07) is 14.6. The third-order valence-corrected chi connectivity index (χ3v) is 6.30. The van der Waals surface area contributed by atoms with Crippen LogP contribution in [0.2, 0.25) is 0 Å². The van der Waals surface area contributed by atoms with Gasteiger partial charge in [-0.3, -0.25) is 9.59 Å². The lowest BCUT2D eigenvalue weighted by Crippen LogP contribution is -2.47. The predicted octanol–water partition coefficient (Wildman–Crippen LogP) is 4.77. The SMILES string of the molecule is CC(CCOc1ccccc1N(C)C(=O)c1ccccc1N)CCC(=O)N1CCN(C)CC1.Cl.Cl.Cl. The maximum Gasteiger partial charge on any atom is 0.260 e. The van der Waals surface area contributed by atoms with E-state index >= 15 is 0 Å². The molecule has 1 saturated heterocycles. The van der Waals surface area contributed by atoms with Gasteiger partial charge in [-0.2, -0.15) is 0 Å². The van der Waals surface area contributed by atoms with Crippen molar-refractivity contribution in [3.63, 3.8) is 0 Å². The van der Waals surface area contributed by atoms with Gasteiger partial charge >= 0.3 is 0 Å². The maximum atomic E-state index is 12.9. The Morgan fingerprint density at radius 3 is 2.25 bits per heavy atom. The molecule has 10 heteroatoms. The van der Waals surface area contributed by atoms with Crippen LogP contribution in [0.25, 0.3) is 0 Å². The topological polar surface area (TPSA) is 79.1 Å². The number of rotatable bonds is 9. The van der Waals surface area contributed by atoms with Gasteiger partial charge in [-0.05, 0) is 50.1 Å². The quantitative estimate of drug-likeness (QED) is 0.446. The van der Waals surface area contributed by atoms with Gasteiger partial charge in [0.05, 0.1) is 17.9 Å². The fraction of sp³-hybridized carbons (Fsp3) is 0.462. The van der Waals surface area contributed by atoms with E-state index < -0.39 is 0 Å². The van der Waals surface area contributed by atoms with Gasteiger partial charge in [0.1, 0.15) is 5.75 Å². The molecule has 1 aliphatic rings. The number of nitrogen functional groups attached to an aromatic ring is 1. The van der Waals surface area contributed by atoms with Crippen molar-refractivity contribution in [2.24, 2.45) is 5.92 Å². The average Bonchev–Trinajstić information content (AvgIpc) is 2.82. The van der Waals surface area contributed by atoms with Crippen LogP contribution in [0.5, 0.6) is 5.75 Å². The van der Waals surface area contributed by atoms with Crippen molar-refractivity contribution in [1.82, 2.24) is 9.80 Å². The summed E-state index contributed by atoms with van der Waals surface area (Å²) < 4.78 is 6.05. The molecule has 0 aliphatic carbocycles. The van der Waals surface area contributed by atoms with E-state index in [1.54, 1.807) is 30.1 Å². The molecule has 1 unspecified atom stereocenters. The highest BCUT2D eigenvalue weighted by atomic mass is 35.5. The molecule has 0 saturated carbocycles. The smallest absolute Gasteiger partial charge is 0.260 e. The van der Waals surface area contributed by atoms with Gasteiger partial charge in [0.25, 0.3) is 5.91 Å². The maximum absolute atomic E-state index is 12.9. The minimum Gasteiger partial charge on any atom is -0.491 e. The Hall–Kier alpha value is -2.19. The Labute approximate surface area is 233 Å². The number of carbonyl (C=O) groups excluding carboxylic acids is 2. The first-order valence-corrected chi connectivity index (χ1v) is 11.7. The molecule has 1 aliphatic heterocycles. The highest BCUT2D eigenvalue weighted by molar-refractivity contribution is 6.09. The van der Waals surface area contributed by atoms with E-state index in [2.05, 4.69) is 18.9 Å². The lowest BCUT2D eigenvalue weighted by molar-refractivity contribution is -0.133. The van der Waals surface area contributed by atoms with Crippen LogP contribution >= 0.6 is 37.2 Å². The molecule has 3 rings (SSSR count). The molecule has 2 N–H and O–H groups in total. The van der Waals surface area contributed by atoms with Crippen LogP contribution in [0.1, 0.15) is 36.5 Å². The van der Waals surface area contributed by atoms with Crippen molar-refractivity contribution in [3.8, 4) is 5.75 Å². The van der Waals surface area contributed by atoms with Gasteiger partial charge in [-0.15, -0.1) is 37.2 Å². The number of anilines is 2. The lowest BCUT2D eigenvalue weighted by atomic mass is 10.0. The van der Waals surface area contributed by atoms with Gasteiger partial charge in [0.2, 0.25) is 5.91 Å². The van der Waals surface area contributed by atoms with Crippen molar-refractivity contribution in [3.05, 3.63) is 54.1 Å². The van der Waals surface area contributed by atoms with Gasteiger partial charge in [0.15, 0.2) is 0 Å². The number of hydrogen-bond donors (Lipinski definition) is 1. The normalized spacial score (nSPS) is 13.9. The van der Waals surface area contributed by atoms with E-state index in [1.807, 2.05) is 35.2 Å². The summed E-state index contributed by atoms with van der Waals surface area (Å²) in [5, 5.41) is 0. The van der Waals surface area contributed by atoms with E-state index in [1.165, 1.54) is 0 Å². The predicted molar refractivity (Wildman–Crippen MR) is 154 cm³/mol. The van der Waals surface area contributed by atoms with Crippen LogP contribution in [0, 0.1) is 5.92 Å². The molecule has 1 heterocycles. The number of carbonyl (C=O) groups is 2. The van der Waals surface area contributed by atoms with E-state index in [0.717, 1.165) is 39.0 Å². The number of nitrogens with zero attached hydrogens (tertiary/aromatic N) is 3. The summed E-state index contributed by atoms with van der Waals surface area (Å²) in [5.41, 5.74) is 7.60. The minimum absolute atomic E-state index is 0. The molecule has 0 bridgehead atoms. The van der Waals surface area contributed by atoms with Gasteiger partial charge in [-0.25, -0.2) is 0 Å². The highest BCUT2D eigenvalue weighted by Gasteiger charge is 2.20. The molecule has 0 aromatic heterocycles. The second-order valence-corrected chi connectivity index (χ2v) is 8.88. The van der Waals surface area contributed by atoms with E-state index in [0.29, 0.717) is 41.6 Å². The summed E-state index contributed by atoms with van der Waals surface area (Å²) in [4.78, 5) is 31.2. The number of piperazine rings is 1. The number of hydrogen-bond acceptors (Lipinski definition) is 5. The number of likely N-dealkylation sites (N-methyl/N-ethyl adjacent to an activating group) is 1. The zero-order valence-electron chi connectivity index (χ0n) is 21.2. The Morgan fingerprint density at radius 1 is 0.972 bits per heavy atom. The molecule has 2 amide bonds. The first-order chi connectivity index (χ1) is 15.9. The molecule has 2 aromatic carbocycles. The number of para-hydroxylation sites is 3.